The van der Waals surface area contributed by atoms with Crippen molar-refractivity contribution in [1.29, 1.82) is 0 Å². The fraction of sp³-hybridized carbons (Fsp3) is 0.176. The third-order valence-corrected chi connectivity index (χ3v) is 5.99. The molecule has 0 radical (unpaired) electrons. The molecule has 0 atom stereocenters. The molecule has 10 heteroatoms. The highest BCUT2D eigenvalue weighted by Gasteiger charge is 2.22. The summed E-state index contributed by atoms with van der Waals surface area (Å²) < 4.78 is 30.9. The van der Waals surface area contributed by atoms with Crippen LogP contribution in [0, 0.1) is 0 Å². The van der Waals surface area contributed by atoms with Gasteiger partial charge in [0.25, 0.3) is 5.91 Å². The van der Waals surface area contributed by atoms with E-state index >= 15 is 0 Å². The molecular formula is C17H17Cl2N3O4S. The summed E-state index contributed by atoms with van der Waals surface area (Å²) in [6, 6.07) is 10.8. The lowest BCUT2D eigenvalue weighted by atomic mass is 10.2. The Morgan fingerprint density at radius 3 is 2.33 bits per heavy atom. The van der Waals surface area contributed by atoms with Crippen LogP contribution in [0.3, 0.4) is 0 Å². The van der Waals surface area contributed by atoms with Gasteiger partial charge in [0, 0.05) is 12.6 Å². The monoisotopic (exact) mass is 429 g/mol. The Labute approximate surface area is 167 Å². The molecule has 0 bridgehead atoms. The van der Waals surface area contributed by atoms with Gasteiger partial charge in [-0.05, 0) is 36.4 Å². The van der Waals surface area contributed by atoms with Gasteiger partial charge in [-0.25, -0.2) is 13.8 Å². The molecule has 0 aliphatic heterocycles. The van der Waals surface area contributed by atoms with E-state index < -0.39 is 22.5 Å². The number of carbonyl (C=O) groups is 1. The van der Waals surface area contributed by atoms with E-state index in [-0.39, 0.29) is 4.90 Å². The first-order chi connectivity index (χ1) is 12.8. The Morgan fingerprint density at radius 1 is 1.19 bits per heavy atom. The fourth-order valence-electron chi connectivity index (χ4n) is 2.05. The Bertz CT molecular complexity index is 927. The number of halogens is 2. The van der Waals surface area contributed by atoms with Crippen molar-refractivity contribution in [3.8, 4) is 5.75 Å². The standard InChI is InChI=1S/C17H17Cl2N3O4S/c1-22(27(24,25)13-8-6-12(26-2)7-9-13)11-17(23)21-20-10-14-15(18)4-3-5-16(14)19/h3-10H,11H2,1-2H3,(H,21,23)/b20-10-. The zero-order chi connectivity index (χ0) is 20.0. The van der Waals surface area contributed by atoms with E-state index in [0.29, 0.717) is 21.4 Å². The van der Waals surface area contributed by atoms with Gasteiger partial charge in [-0.15, -0.1) is 0 Å². The highest BCUT2D eigenvalue weighted by molar-refractivity contribution is 7.89. The van der Waals surface area contributed by atoms with Crippen molar-refractivity contribution in [2.45, 2.75) is 4.90 Å². The molecule has 7 nitrogen and oxygen atoms in total. The number of nitrogens with one attached hydrogen (secondary N) is 1. The van der Waals surface area contributed by atoms with Crippen molar-refractivity contribution < 1.29 is 17.9 Å². The summed E-state index contributed by atoms with van der Waals surface area (Å²) in [6.45, 7) is -0.415. The normalized spacial score (nSPS) is 11.7. The summed E-state index contributed by atoms with van der Waals surface area (Å²) >= 11 is 12.0. The molecule has 0 unspecified atom stereocenters. The number of ether oxygens (including phenoxy) is 1. The quantitative estimate of drug-likeness (QED) is 0.541. The topological polar surface area (TPSA) is 88.1 Å². The number of methoxy groups -OCH3 is 1. The summed E-state index contributed by atoms with van der Waals surface area (Å²) in [5, 5.41) is 4.51. The molecule has 0 saturated heterocycles. The lowest BCUT2D eigenvalue weighted by Crippen LogP contribution is -2.36. The summed E-state index contributed by atoms with van der Waals surface area (Å²) in [7, 11) is -1.04. The van der Waals surface area contributed by atoms with Crippen molar-refractivity contribution in [3.05, 3.63) is 58.1 Å². The van der Waals surface area contributed by atoms with Crippen LogP contribution in [0.4, 0.5) is 0 Å². The van der Waals surface area contributed by atoms with Crippen LogP contribution < -0.4 is 10.2 Å². The molecule has 0 heterocycles. The number of hydrazone groups is 1. The van der Waals surface area contributed by atoms with E-state index in [2.05, 4.69) is 10.5 Å². The average Bonchev–Trinajstić information content (AvgIpc) is 2.64. The number of nitrogens with zero attached hydrogens (tertiary/aromatic N) is 2. The van der Waals surface area contributed by atoms with Gasteiger partial charge in [-0.3, -0.25) is 4.79 Å². The number of carbonyl (C=O) groups excluding carboxylic acids is 1. The number of hydrogen-bond donors (Lipinski definition) is 1. The van der Waals surface area contributed by atoms with E-state index in [0.717, 1.165) is 4.31 Å². The van der Waals surface area contributed by atoms with Gasteiger partial charge in [-0.2, -0.15) is 9.41 Å². The minimum absolute atomic E-state index is 0.0463. The second kappa shape index (κ2) is 9.18. The van der Waals surface area contributed by atoms with Crippen LogP contribution in [0.15, 0.2) is 52.5 Å². The average molecular weight is 430 g/mol. The highest BCUT2D eigenvalue weighted by Crippen LogP contribution is 2.22. The van der Waals surface area contributed by atoms with Gasteiger partial charge in [0.15, 0.2) is 0 Å². The van der Waals surface area contributed by atoms with E-state index in [1.807, 2.05) is 0 Å². The van der Waals surface area contributed by atoms with Gasteiger partial charge < -0.3 is 4.74 Å². The Kier molecular flexibility index (Phi) is 7.20. The van der Waals surface area contributed by atoms with E-state index in [9.17, 15) is 13.2 Å². The minimum atomic E-state index is -3.83. The zero-order valence-corrected chi connectivity index (χ0v) is 16.8. The largest absolute Gasteiger partial charge is 0.497 e. The predicted octanol–water partition coefficient (Wildman–Crippen LogP) is 2.77. The Balaban J connectivity index is 2.00. The van der Waals surface area contributed by atoms with Crippen LogP contribution in [0.1, 0.15) is 5.56 Å². The van der Waals surface area contributed by atoms with Crippen LogP contribution in [0.2, 0.25) is 10.0 Å². The van der Waals surface area contributed by atoms with Crippen molar-refractivity contribution >= 4 is 45.3 Å². The Hall–Kier alpha value is -2.13. The highest BCUT2D eigenvalue weighted by atomic mass is 35.5. The molecule has 2 aromatic rings. The molecule has 1 amide bonds. The van der Waals surface area contributed by atoms with E-state index in [1.54, 1.807) is 18.2 Å². The van der Waals surface area contributed by atoms with Crippen molar-refractivity contribution in [3.63, 3.8) is 0 Å². The first-order valence-corrected chi connectivity index (χ1v) is 9.81. The van der Waals surface area contributed by atoms with Gasteiger partial charge in [0.2, 0.25) is 10.0 Å². The van der Waals surface area contributed by atoms with Gasteiger partial charge in [-0.1, -0.05) is 29.3 Å². The number of sulfonamides is 1. The van der Waals surface area contributed by atoms with Crippen LogP contribution in [-0.4, -0.2) is 45.5 Å². The molecule has 144 valence electrons. The summed E-state index contributed by atoms with van der Waals surface area (Å²) in [5.41, 5.74) is 2.69. The predicted molar refractivity (Wildman–Crippen MR) is 105 cm³/mol. The minimum Gasteiger partial charge on any atom is -0.497 e. The van der Waals surface area contributed by atoms with Crippen LogP contribution >= 0.6 is 23.2 Å². The van der Waals surface area contributed by atoms with Crippen LogP contribution in [-0.2, 0) is 14.8 Å². The zero-order valence-electron chi connectivity index (χ0n) is 14.5. The maximum Gasteiger partial charge on any atom is 0.255 e. The first-order valence-electron chi connectivity index (χ1n) is 7.62. The molecule has 1 N–H and O–H groups in total. The molecule has 0 aromatic heterocycles. The number of hydrogen-bond acceptors (Lipinski definition) is 5. The number of rotatable bonds is 7. The first kappa shape index (κ1) is 21.2. The second-order valence-corrected chi connectivity index (χ2v) is 8.22. The van der Waals surface area contributed by atoms with Gasteiger partial charge in [0.05, 0.1) is 34.8 Å². The van der Waals surface area contributed by atoms with Crippen LogP contribution in [0.25, 0.3) is 0 Å². The number of amides is 1. The van der Waals surface area contributed by atoms with Crippen molar-refractivity contribution in [2.24, 2.45) is 5.10 Å². The molecule has 0 aliphatic carbocycles. The van der Waals surface area contributed by atoms with Crippen LogP contribution in [0.5, 0.6) is 5.75 Å². The third-order valence-electron chi connectivity index (χ3n) is 3.52. The molecule has 2 rings (SSSR count). The lowest BCUT2D eigenvalue weighted by molar-refractivity contribution is -0.121. The molecule has 0 fully saturated rings. The molecular weight excluding hydrogens is 413 g/mol. The summed E-state index contributed by atoms with van der Waals surface area (Å²) in [4.78, 5) is 12.0. The smallest absolute Gasteiger partial charge is 0.255 e. The third kappa shape index (κ3) is 5.43. The second-order valence-electron chi connectivity index (χ2n) is 5.37. The molecule has 0 spiro atoms. The fourth-order valence-corrected chi connectivity index (χ4v) is 3.68. The van der Waals surface area contributed by atoms with E-state index in [1.165, 1.54) is 44.6 Å². The SMILES string of the molecule is COc1ccc(S(=O)(=O)N(C)CC(=O)N/N=C\c2c(Cl)cccc2Cl)cc1. The maximum atomic E-state index is 12.5. The molecule has 0 saturated carbocycles. The lowest BCUT2D eigenvalue weighted by Gasteiger charge is -2.16. The van der Waals surface area contributed by atoms with E-state index in [4.69, 9.17) is 27.9 Å². The maximum absolute atomic E-state index is 12.5. The van der Waals surface area contributed by atoms with Gasteiger partial charge in [0.1, 0.15) is 5.75 Å². The molecule has 0 aliphatic rings. The number of likely N-dealkylation sites (N-methyl/N-ethyl adjacent to an activating group) is 1. The Morgan fingerprint density at radius 2 is 1.78 bits per heavy atom. The van der Waals surface area contributed by atoms with Crippen molar-refractivity contribution in [1.82, 2.24) is 9.73 Å². The molecule has 27 heavy (non-hydrogen) atoms. The molecule has 2 aromatic carbocycles. The van der Waals surface area contributed by atoms with Crippen molar-refractivity contribution in [2.75, 3.05) is 20.7 Å². The van der Waals surface area contributed by atoms with Gasteiger partial charge >= 0.3 is 0 Å². The summed E-state index contributed by atoms with van der Waals surface area (Å²) in [5.74, 6) is -0.0871. The number of benzene rings is 2. The summed E-state index contributed by atoms with van der Waals surface area (Å²) in [6.07, 6.45) is 1.29.